The molecule has 2 bridgehead atoms. The summed E-state index contributed by atoms with van der Waals surface area (Å²) in [5, 5.41) is 2.96. The van der Waals surface area contributed by atoms with Gasteiger partial charge < -0.3 is 20.7 Å². The van der Waals surface area contributed by atoms with Crippen LogP contribution in [0.5, 0.6) is 5.75 Å². The fraction of sp³-hybridized carbons (Fsp3) is 0.500. The molecule has 1 saturated carbocycles. The number of nitrogens with zero attached hydrogens (tertiary/aromatic N) is 1. The molecule has 2 aliphatic carbocycles. The van der Waals surface area contributed by atoms with Crippen molar-refractivity contribution in [3.05, 3.63) is 71.3 Å². The van der Waals surface area contributed by atoms with Crippen LogP contribution in [0.3, 0.4) is 0 Å². The van der Waals surface area contributed by atoms with Gasteiger partial charge in [-0.25, -0.2) is 0 Å². The van der Waals surface area contributed by atoms with Crippen molar-refractivity contribution in [1.82, 2.24) is 5.32 Å². The van der Waals surface area contributed by atoms with Crippen molar-refractivity contribution in [1.29, 1.82) is 0 Å². The molecule has 2 aromatic carbocycles. The van der Waals surface area contributed by atoms with E-state index in [-0.39, 0.29) is 17.7 Å². The van der Waals surface area contributed by atoms with Crippen LogP contribution in [0.4, 0.5) is 5.69 Å². The summed E-state index contributed by atoms with van der Waals surface area (Å²) in [4.78, 5) is 27.8. The molecule has 1 spiro atoms. The first-order chi connectivity index (χ1) is 18.5. The summed E-state index contributed by atoms with van der Waals surface area (Å²) in [6.45, 7) is 3.08. The maximum absolute atomic E-state index is 12.7. The number of aryl methyl sites for hydroxylation is 1. The number of carbonyl (C=O) groups excluding carboxylic acids is 2. The van der Waals surface area contributed by atoms with Crippen LogP contribution in [0.1, 0.15) is 67.6 Å². The summed E-state index contributed by atoms with van der Waals surface area (Å²) < 4.78 is 6.61. The third-order valence-corrected chi connectivity index (χ3v) is 9.42. The molecule has 4 atom stereocenters. The minimum absolute atomic E-state index is 0.0563. The molecule has 1 fully saturated rings. The molecule has 0 radical (unpaired) electrons. The van der Waals surface area contributed by atoms with Crippen LogP contribution >= 0.6 is 0 Å². The second-order valence-electron chi connectivity index (χ2n) is 11.8. The van der Waals surface area contributed by atoms with Crippen molar-refractivity contribution in [2.45, 2.75) is 62.7 Å². The zero-order valence-electron chi connectivity index (χ0n) is 22.2. The lowest BCUT2D eigenvalue weighted by molar-refractivity contribution is -0.126. The number of rotatable bonds is 1. The maximum Gasteiger partial charge on any atom is 0.225 e. The summed E-state index contributed by atoms with van der Waals surface area (Å²) in [5.74, 6) is 0.878. The van der Waals surface area contributed by atoms with Gasteiger partial charge in [-0.2, -0.15) is 0 Å². The maximum atomic E-state index is 12.7. The van der Waals surface area contributed by atoms with E-state index in [2.05, 4.69) is 52.7 Å². The molecule has 200 valence electrons. The van der Waals surface area contributed by atoms with Crippen LogP contribution in [0.25, 0.3) is 0 Å². The van der Waals surface area contributed by atoms with Gasteiger partial charge in [-0.05, 0) is 85.6 Å². The van der Waals surface area contributed by atoms with E-state index in [9.17, 15) is 9.59 Å². The van der Waals surface area contributed by atoms with Crippen LogP contribution in [-0.2, 0) is 21.4 Å². The molecule has 2 aromatic rings. The van der Waals surface area contributed by atoms with Crippen molar-refractivity contribution >= 4 is 17.5 Å². The first kappa shape index (κ1) is 25.0. The molecule has 38 heavy (non-hydrogen) atoms. The van der Waals surface area contributed by atoms with Crippen LogP contribution < -0.4 is 20.7 Å². The average molecular weight is 514 g/mol. The Hall–Kier alpha value is -3.28. The number of hydrogen-bond acceptors (Lipinski definition) is 4. The number of benzene rings is 2. The van der Waals surface area contributed by atoms with Crippen LogP contribution in [-0.4, -0.2) is 38.1 Å². The number of anilines is 1. The normalized spacial score (nSPS) is 29.2. The lowest BCUT2D eigenvalue weighted by Crippen LogP contribution is -2.48. The number of allylic oxidation sites excluding steroid dienone is 1. The van der Waals surface area contributed by atoms with Crippen LogP contribution in [0, 0.1) is 11.8 Å². The quantitative estimate of drug-likeness (QED) is 0.546. The molecule has 6 heteroatoms. The van der Waals surface area contributed by atoms with Gasteiger partial charge in [0.1, 0.15) is 5.75 Å². The van der Waals surface area contributed by atoms with Gasteiger partial charge in [-0.1, -0.05) is 42.5 Å². The predicted molar refractivity (Wildman–Crippen MR) is 149 cm³/mol. The van der Waals surface area contributed by atoms with E-state index < -0.39 is 11.8 Å². The molecule has 4 unspecified atom stereocenters. The van der Waals surface area contributed by atoms with Gasteiger partial charge in [0.2, 0.25) is 11.8 Å². The van der Waals surface area contributed by atoms with E-state index in [4.69, 9.17) is 10.5 Å². The van der Waals surface area contributed by atoms with Gasteiger partial charge in [0.05, 0.1) is 18.2 Å². The summed E-state index contributed by atoms with van der Waals surface area (Å²) in [6.07, 6.45) is 12.3. The average Bonchev–Trinajstić information content (AvgIpc) is 3.06. The highest BCUT2D eigenvalue weighted by atomic mass is 16.5. The molecule has 2 aliphatic heterocycles. The largest absolute Gasteiger partial charge is 0.490 e. The fourth-order valence-corrected chi connectivity index (χ4v) is 7.11. The van der Waals surface area contributed by atoms with E-state index in [1.54, 1.807) is 0 Å². The number of amides is 2. The zero-order valence-corrected chi connectivity index (χ0v) is 22.2. The molecule has 0 aromatic heterocycles. The summed E-state index contributed by atoms with van der Waals surface area (Å²) in [5.41, 5.74) is 10.5. The van der Waals surface area contributed by atoms with E-state index in [1.807, 2.05) is 12.1 Å². The Balaban J connectivity index is 1.41. The third kappa shape index (κ3) is 4.81. The highest BCUT2D eigenvalue weighted by molar-refractivity contribution is 5.89. The molecule has 0 saturated heterocycles. The van der Waals surface area contributed by atoms with E-state index >= 15 is 0 Å². The zero-order chi connectivity index (χ0) is 26.1. The number of nitrogens with one attached hydrogen (secondary N) is 1. The van der Waals surface area contributed by atoms with E-state index in [1.165, 1.54) is 24.0 Å². The Morgan fingerprint density at radius 3 is 2.82 bits per heavy atom. The molecule has 2 amide bonds. The first-order valence-corrected chi connectivity index (χ1v) is 14.3. The molecular weight excluding hydrogens is 474 g/mol. The van der Waals surface area contributed by atoms with Gasteiger partial charge in [-0.3, -0.25) is 9.59 Å². The molecule has 2 heterocycles. The number of ether oxygens (including phenoxy) is 1. The molecular formula is C32H39N3O3. The van der Waals surface area contributed by atoms with Crippen LogP contribution in [0.15, 0.2) is 54.6 Å². The minimum Gasteiger partial charge on any atom is -0.490 e. The second kappa shape index (κ2) is 10.5. The number of nitrogens with two attached hydrogens (primary N) is 1. The van der Waals surface area contributed by atoms with Gasteiger partial charge >= 0.3 is 0 Å². The molecule has 4 aliphatic rings. The number of carbonyl (C=O) groups is 2. The molecule has 6 nitrogen and oxygen atoms in total. The second-order valence-corrected chi connectivity index (χ2v) is 11.8. The highest BCUT2D eigenvalue weighted by Crippen LogP contribution is 2.46. The number of fused-ring (bicyclic) bond motifs is 4. The fourth-order valence-electron chi connectivity index (χ4n) is 7.11. The van der Waals surface area contributed by atoms with E-state index in [0.717, 1.165) is 62.2 Å². The Morgan fingerprint density at radius 2 is 1.97 bits per heavy atom. The van der Waals surface area contributed by atoms with Crippen molar-refractivity contribution in [3.63, 3.8) is 0 Å². The van der Waals surface area contributed by atoms with Gasteiger partial charge in [0, 0.05) is 31.5 Å². The van der Waals surface area contributed by atoms with Gasteiger partial charge in [0.25, 0.3) is 0 Å². The smallest absolute Gasteiger partial charge is 0.225 e. The minimum atomic E-state index is -0.672. The van der Waals surface area contributed by atoms with Crippen molar-refractivity contribution in [2.24, 2.45) is 17.6 Å². The molecule has 3 N–H and O–H groups in total. The van der Waals surface area contributed by atoms with E-state index in [0.29, 0.717) is 25.0 Å². The lowest BCUT2D eigenvalue weighted by Gasteiger charge is -2.44. The van der Waals surface area contributed by atoms with Crippen molar-refractivity contribution < 1.29 is 14.3 Å². The highest BCUT2D eigenvalue weighted by Gasteiger charge is 2.43. The Bertz CT molecular complexity index is 1240. The first-order valence-electron chi connectivity index (χ1n) is 14.3. The standard InChI is InChI=1S/C32H39N3O3/c33-31(37)26-18-30(36)34-16-5-1-2-7-22-11-12-25(22)19-35-20-32(15-6-9-23-8-3-4-10-27(23)32)21-38-29-14-13-24(26)17-28(29)35/h1-4,8,10,13-14,17,22,25-26H,5-7,9,11-12,15-16,18-21H2,(H2,33,37)(H,34,36). The molecule has 6 rings (SSSR count). The number of primary amides is 1. The summed E-state index contributed by atoms with van der Waals surface area (Å²) >= 11 is 0. The van der Waals surface area contributed by atoms with Crippen molar-refractivity contribution in [3.8, 4) is 5.75 Å². The predicted octanol–water partition coefficient (Wildman–Crippen LogP) is 4.61. The van der Waals surface area contributed by atoms with Gasteiger partial charge in [0.15, 0.2) is 0 Å². The summed E-state index contributed by atoms with van der Waals surface area (Å²) in [7, 11) is 0. The van der Waals surface area contributed by atoms with Crippen LogP contribution in [0.2, 0.25) is 0 Å². The monoisotopic (exact) mass is 513 g/mol. The Labute approximate surface area is 225 Å². The van der Waals surface area contributed by atoms with Gasteiger partial charge in [-0.15, -0.1) is 0 Å². The third-order valence-electron chi connectivity index (χ3n) is 9.42. The lowest BCUT2D eigenvalue weighted by atomic mass is 9.69. The Morgan fingerprint density at radius 1 is 1.11 bits per heavy atom. The number of hydrogen-bond donors (Lipinski definition) is 2. The Kier molecular flexibility index (Phi) is 6.89. The summed E-state index contributed by atoms with van der Waals surface area (Å²) in [6, 6.07) is 14.9. The van der Waals surface area contributed by atoms with Crippen molar-refractivity contribution in [2.75, 3.05) is 31.1 Å². The SMILES string of the molecule is NC(=O)C1CC(=O)NCCC=CCC2CCC2CN2CC3(CCCc4ccccc43)COc3ccc1cc32. The topological polar surface area (TPSA) is 84.7 Å².